The van der Waals surface area contributed by atoms with Crippen LogP contribution in [0, 0.1) is 0 Å². The molecule has 0 spiro atoms. The third-order valence-corrected chi connectivity index (χ3v) is 3.29. The van der Waals surface area contributed by atoms with E-state index in [-0.39, 0.29) is 28.2 Å². The number of carbonyl (C=O) groups excluding carboxylic acids is 2. The van der Waals surface area contributed by atoms with E-state index in [1.54, 1.807) is 0 Å². The summed E-state index contributed by atoms with van der Waals surface area (Å²) < 4.78 is 0. The zero-order valence-corrected chi connectivity index (χ0v) is 11.9. The van der Waals surface area contributed by atoms with Crippen LogP contribution in [-0.2, 0) is 0 Å². The lowest BCUT2D eigenvalue weighted by Crippen LogP contribution is -2.18. The second-order valence-corrected chi connectivity index (χ2v) is 5.19. The Morgan fingerprint density at radius 3 is 2.29 bits per heavy atom. The third kappa shape index (κ3) is 2.65. The lowest BCUT2D eigenvalue weighted by atomic mass is 9.84. The highest BCUT2D eigenvalue weighted by Gasteiger charge is 2.31. The van der Waals surface area contributed by atoms with Crippen LogP contribution in [0.1, 0.15) is 41.0 Å². The smallest absolute Gasteiger partial charge is 0.198 e. The first-order valence-electron chi connectivity index (χ1n) is 6.50. The molecule has 0 aromatic heterocycles. The summed E-state index contributed by atoms with van der Waals surface area (Å²) >= 11 is 0. The number of fused-ring (bicyclic) bond motifs is 1. The summed E-state index contributed by atoms with van der Waals surface area (Å²) in [7, 11) is 0. The molecule has 2 N–H and O–H groups in total. The van der Waals surface area contributed by atoms with Crippen molar-refractivity contribution in [3.8, 4) is 11.5 Å². The number of phenols is 2. The zero-order chi connectivity index (χ0) is 15.7. The Balaban J connectivity index is 2.49. The normalized spacial score (nSPS) is 13.5. The molecule has 0 saturated carbocycles. The van der Waals surface area contributed by atoms with E-state index in [4.69, 9.17) is 0 Å². The Hall–Kier alpha value is -2.62. The molecule has 0 aliphatic heterocycles. The molecule has 108 valence electrons. The second-order valence-electron chi connectivity index (χ2n) is 5.19. The maximum Gasteiger partial charge on any atom is 0.198 e. The van der Waals surface area contributed by atoms with E-state index in [0.717, 1.165) is 5.57 Å². The molecule has 21 heavy (non-hydrogen) atoms. The highest BCUT2D eigenvalue weighted by Crippen LogP contribution is 2.36. The lowest BCUT2D eigenvalue weighted by molar-refractivity contribution is 0.0981. The van der Waals surface area contributed by atoms with Crippen LogP contribution in [-0.4, -0.2) is 21.8 Å². The van der Waals surface area contributed by atoms with Gasteiger partial charge < -0.3 is 10.2 Å². The molecule has 1 aliphatic carbocycles. The van der Waals surface area contributed by atoms with Gasteiger partial charge in [-0.2, -0.15) is 0 Å². The van der Waals surface area contributed by atoms with E-state index in [2.05, 4.69) is 6.58 Å². The van der Waals surface area contributed by atoms with Crippen LogP contribution in [0.4, 0.5) is 0 Å². The number of hydrogen-bond acceptors (Lipinski definition) is 4. The number of ketones is 2. The summed E-state index contributed by atoms with van der Waals surface area (Å²) in [6, 6.07) is 2.39. The zero-order valence-electron chi connectivity index (χ0n) is 11.9. The van der Waals surface area contributed by atoms with E-state index in [1.807, 2.05) is 19.9 Å². The van der Waals surface area contributed by atoms with Crippen molar-refractivity contribution >= 4 is 11.6 Å². The predicted octanol–water partition coefficient (Wildman–Crippen LogP) is 3.32. The SMILES string of the molecule is C=C(CC=C(C)C)C1=CC(=O)c2c(O)ccc(O)c2C1=O. The molecule has 0 unspecified atom stereocenters. The van der Waals surface area contributed by atoms with E-state index in [1.165, 1.54) is 18.2 Å². The highest BCUT2D eigenvalue weighted by atomic mass is 16.3. The van der Waals surface area contributed by atoms with Crippen LogP contribution in [0.2, 0.25) is 0 Å². The first-order chi connectivity index (χ1) is 9.82. The maximum absolute atomic E-state index is 12.4. The molecule has 0 amide bonds. The first-order valence-corrected chi connectivity index (χ1v) is 6.50. The molecular weight excluding hydrogens is 268 g/mol. The Morgan fingerprint density at radius 2 is 1.71 bits per heavy atom. The summed E-state index contributed by atoms with van der Waals surface area (Å²) in [5, 5.41) is 19.6. The molecule has 4 heteroatoms. The highest BCUT2D eigenvalue weighted by molar-refractivity contribution is 6.28. The van der Waals surface area contributed by atoms with Crippen molar-refractivity contribution in [2.75, 3.05) is 0 Å². The summed E-state index contributed by atoms with van der Waals surface area (Å²) in [6.07, 6.45) is 3.52. The standard InChI is InChI=1S/C17H16O4/c1-9(2)4-5-10(3)11-8-14(20)15-12(18)6-7-13(19)16(15)17(11)21/h4,6-8,18-19H,3,5H2,1-2H3. The summed E-state index contributed by atoms with van der Waals surface area (Å²) in [5.74, 6) is -1.63. The van der Waals surface area contributed by atoms with Crippen molar-refractivity contribution in [3.63, 3.8) is 0 Å². The van der Waals surface area contributed by atoms with Crippen LogP contribution in [0.5, 0.6) is 11.5 Å². The number of aromatic hydroxyl groups is 2. The minimum Gasteiger partial charge on any atom is -0.507 e. The summed E-state index contributed by atoms with van der Waals surface area (Å²) in [5.41, 5.74) is 1.44. The minimum absolute atomic E-state index is 0.154. The number of benzene rings is 1. The third-order valence-electron chi connectivity index (χ3n) is 3.29. The fraction of sp³-hybridized carbons (Fsp3) is 0.176. The average molecular weight is 284 g/mol. The Bertz CT molecular complexity index is 717. The fourth-order valence-electron chi connectivity index (χ4n) is 2.16. The molecule has 2 rings (SSSR count). The molecule has 1 aromatic carbocycles. The van der Waals surface area contributed by atoms with Gasteiger partial charge in [-0.25, -0.2) is 0 Å². The van der Waals surface area contributed by atoms with E-state index in [9.17, 15) is 19.8 Å². The van der Waals surface area contributed by atoms with Crippen LogP contribution >= 0.6 is 0 Å². The van der Waals surface area contributed by atoms with Crippen LogP contribution < -0.4 is 0 Å². The molecule has 0 bridgehead atoms. The first kappa shape index (κ1) is 14.8. The van der Waals surface area contributed by atoms with Crippen LogP contribution in [0.15, 0.2) is 47.6 Å². The quantitative estimate of drug-likeness (QED) is 0.659. The average Bonchev–Trinajstić information content (AvgIpc) is 2.42. The predicted molar refractivity (Wildman–Crippen MR) is 79.7 cm³/mol. The number of allylic oxidation sites excluding steroid dienone is 5. The Morgan fingerprint density at radius 1 is 1.14 bits per heavy atom. The molecule has 0 fully saturated rings. The van der Waals surface area contributed by atoms with Crippen molar-refractivity contribution in [2.45, 2.75) is 20.3 Å². The second kappa shape index (κ2) is 5.40. The molecule has 0 radical (unpaired) electrons. The van der Waals surface area contributed by atoms with Crippen molar-refractivity contribution < 1.29 is 19.8 Å². The maximum atomic E-state index is 12.4. The minimum atomic E-state index is -0.508. The van der Waals surface area contributed by atoms with Gasteiger partial charge >= 0.3 is 0 Å². The molecule has 4 nitrogen and oxygen atoms in total. The number of phenolic OH excluding ortho intramolecular Hbond substituents is 2. The lowest BCUT2D eigenvalue weighted by Gasteiger charge is -2.18. The number of hydrogen-bond donors (Lipinski definition) is 2. The van der Waals surface area contributed by atoms with Gasteiger partial charge in [0.2, 0.25) is 0 Å². The molecule has 1 aromatic rings. The molecule has 0 saturated heterocycles. The monoisotopic (exact) mass is 284 g/mol. The van der Waals surface area contributed by atoms with Gasteiger partial charge in [-0.3, -0.25) is 9.59 Å². The van der Waals surface area contributed by atoms with E-state index in [0.29, 0.717) is 12.0 Å². The fourth-order valence-corrected chi connectivity index (χ4v) is 2.16. The Kier molecular flexibility index (Phi) is 3.80. The van der Waals surface area contributed by atoms with Gasteiger partial charge in [0.25, 0.3) is 0 Å². The van der Waals surface area contributed by atoms with E-state index >= 15 is 0 Å². The van der Waals surface area contributed by atoms with Gasteiger partial charge in [-0.15, -0.1) is 0 Å². The largest absolute Gasteiger partial charge is 0.507 e. The molecule has 0 atom stereocenters. The van der Waals surface area contributed by atoms with E-state index < -0.39 is 11.6 Å². The van der Waals surface area contributed by atoms with Gasteiger partial charge in [0, 0.05) is 5.57 Å². The van der Waals surface area contributed by atoms with Gasteiger partial charge in [0.15, 0.2) is 11.6 Å². The number of carbonyl (C=O) groups is 2. The number of Topliss-reactive ketones (excluding diaryl/α,β-unsaturated/α-hetero) is 1. The van der Waals surface area contributed by atoms with Crippen molar-refractivity contribution in [1.29, 1.82) is 0 Å². The van der Waals surface area contributed by atoms with Crippen molar-refractivity contribution in [1.82, 2.24) is 0 Å². The summed E-state index contributed by atoms with van der Waals surface area (Å²) in [4.78, 5) is 24.5. The topological polar surface area (TPSA) is 74.6 Å². The molecular formula is C17H16O4. The summed E-state index contributed by atoms with van der Waals surface area (Å²) in [6.45, 7) is 7.68. The molecule has 0 heterocycles. The van der Waals surface area contributed by atoms with Crippen molar-refractivity contribution in [3.05, 3.63) is 58.7 Å². The van der Waals surface area contributed by atoms with Gasteiger partial charge in [-0.1, -0.05) is 18.2 Å². The van der Waals surface area contributed by atoms with Crippen molar-refractivity contribution in [2.24, 2.45) is 0 Å². The van der Waals surface area contributed by atoms with Gasteiger partial charge in [0.1, 0.15) is 11.5 Å². The van der Waals surface area contributed by atoms with Gasteiger partial charge in [0.05, 0.1) is 11.1 Å². The Labute approximate surface area is 122 Å². The number of rotatable bonds is 3. The van der Waals surface area contributed by atoms with Crippen LogP contribution in [0.3, 0.4) is 0 Å². The van der Waals surface area contributed by atoms with Gasteiger partial charge in [-0.05, 0) is 44.1 Å². The van der Waals surface area contributed by atoms with Crippen LogP contribution in [0.25, 0.3) is 0 Å². The molecule has 1 aliphatic rings.